The maximum atomic E-state index is 2.55. The first-order valence-electron chi connectivity index (χ1n) is 17.9. The first-order valence-corrected chi connectivity index (χ1v) is 17.9. The summed E-state index contributed by atoms with van der Waals surface area (Å²) in [7, 11) is 0. The predicted octanol–water partition coefficient (Wildman–Crippen LogP) is 13.3. The summed E-state index contributed by atoms with van der Waals surface area (Å²) in [6.07, 6.45) is 0. The summed E-state index contributed by atoms with van der Waals surface area (Å²) in [4.78, 5) is 2.46. The number of fused-ring (bicyclic) bond motifs is 17. The van der Waals surface area contributed by atoms with Crippen LogP contribution >= 0.6 is 0 Å². The quantitative estimate of drug-likeness (QED) is 0.173. The van der Waals surface area contributed by atoms with E-state index in [9.17, 15) is 0 Å². The monoisotopic (exact) mass is 647 g/mol. The highest BCUT2D eigenvalue weighted by Crippen LogP contribution is 2.67. The summed E-state index contributed by atoms with van der Waals surface area (Å²) in [5, 5.41) is 7.74. The summed E-state index contributed by atoms with van der Waals surface area (Å²) in [5.41, 5.74) is 15.0. The fourth-order valence-corrected chi connectivity index (χ4v) is 9.52. The van der Waals surface area contributed by atoms with Crippen molar-refractivity contribution in [3.05, 3.63) is 210 Å². The van der Waals surface area contributed by atoms with Crippen molar-refractivity contribution < 1.29 is 0 Å². The Balaban J connectivity index is 1.39. The molecule has 11 rings (SSSR count). The van der Waals surface area contributed by atoms with Crippen LogP contribution in [0.2, 0.25) is 0 Å². The maximum absolute atomic E-state index is 2.55. The fourth-order valence-electron chi connectivity index (χ4n) is 9.52. The molecule has 9 aromatic carbocycles. The summed E-state index contributed by atoms with van der Waals surface area (Å²) >= 11 is 0. The van der Waals surface area contributed by atoms with Gasteiger partial charge in [-0.25, -0.2) is 0 Å². The van der Waals surface area contributed by atoms with Crippen molar-refractivity contribution in [1.82, 2.24) is 0 Å². The molecule has 0 atom stereocenters. The second-order valence-electron chi connectivity index (χ2n) is 14.1. The van der Waals surface area contributed by atoms with Crippen LogP contribution in [-0.4, -0.2) is 0 Å². The maximum Gasteiger partial charge on any atom is 0.0732 e. The van der Waals surface area contributed by atoms with E-state index in [2.05, 4.69) is 194 Å². The molecule has 0 N–H and O–H groups in total. The minimum Gasteiger partial charge on any atom is -0.310 e. The molecule has 0 amide bonds. The van der Waals surface area contributed by atoms with Crippen LogP contribution in [0.3, 0.4) is 0 Å². The lowest BCUT2D eigenvalue weighted by Crippen LogP contribution is -2.26. The Labute approximate surface area is 297 Å². The average molecular weight is 648 g/mol. The van der Waals surface area contributed by atoms with Gasteiger partial charge in [-0.05, 0) is 109 Å². The standard InChI is InChI=1S/C50H33N/c1-32-27-29-34(30-28-32)51(33-15-3-2-4-16-33)46-31-45-47(41-23-9-7-21-39(41)46)48-40-22-8-5-17-35(40)36-18-6-10-24-42(36)49(48)50(45)43-25-13-11-19-37(43)38-20-12-14-26-44(38)50/h2-31H,1H3. The fraction of sp³-hybridized carbons (Fsp3) is 0.0400. The summed E-state index contributed by atoms with van der Waals surface area (Å²) in [6, 6.07) is 67.9. The third-order valence-corrected chi connectivity index (χ3v) is 11.5. The Bertz CT molecular complexity index is 2820. The molecule has 0 radical (unpaired) electrons. The van der Waals surface area contributed by atoms with E-state index in [1.54, 1.807) is 0 Å². The van der Waals surface area contributed by atoms with E-state index < -0.39 is 5.41 Å². The van der Waals surface area contributed by atoms with Crippen molar-refractivity contribution in [3.8, 4) is 22.3 Å². The third-order valence-electron chi connectivity index (χ3n) is 11.5. The molecular formula is C50H33N. The molecule has 9 aromatic rings. The summed E-state index contributed by atoms with van der Waals surface area (Å²) in [5.74, 6) is 0. The van der Waals surface area contributed by atoms with Crippen molar-refractivity contribution >= 4 is 49.4 Å². The van der Waals surface area contributed by atoms with Gasteiger partial charge in [0.05, 0.1) is 11.1 Å². The van der Waals surface area contributed by atoms with Crippen molar-refractivity contribution in [3.63, 3.8) is 0 Å². The molecule has 0 fully saturated rings. The lowest BCUT2D eigenvalue weighted by Gasteiger charge is -2.33. The number of aryl methyl sites for hydroxylation is 1. The number of rotatable bonds is 3. The molecule has 0 aliphatic heterocycles. The van der Waals surface area contributed by atoms with Gasteiger partial charge in [-0.2, -0.15) is 0 Å². The molecule has 2 aliphatic carbocycles. The van der Waals surface area contributed by atoms with Crippen molar-refractivity contribution in [2.45, 2.75) is 12.3 Å². The van der Waals surface area contributed by atoms with E-state index in [1.807, 2.05) is 0 Å². The van der Waals surface area contributed by atoms with Gasteiger partial charge in [0.1, 0.15) is 0 Å². The van der Waals surface area contributed by atoms with Gasteiger partial charge in [0.2, 0.25) is 0 Å². The SMILES string of the molecule is Cc1ccc(N(c2ccccc2)c2cc3c(c4ccccc24)-c2c(c4ccccc4c4ccccc24)C32c3ccccc3-c3ccccc32)cc1. The summed E-state index contributed by atoms with van der Waals surface area (Å²) < 4.78 is 0. The number of benzene rings is 9. The van der Waals surface area contributed by atoms with Crippen LogP contribution in [0, 0.1) is 6.92 Å². The zero-order valence-electron chi connectivity index (χ0n) is 28.3. The molecule has 1 spiro atoms. The Morgan fingerprint density at radius 3 is 1.49 bits per heavy atom. The van der Waals surface area contributed by atoms with Gasteiger partial charge in [-0.3, -0.25) is 0 Å². The van der Waals surface area contributed by atoms with Gasteiger partial charge in [0, 0.05) is 16.8 Å². The van der Waals surface area contributed by atoms with E-state index in [0.717, 1.165) is 11.4 Å². The molecule has 0 aromatic heterocycles. The van der Waals surface area contributed by atoms with Gasteiger partial charge in [-0.1, -0.05) is 157 Å². The number of para-hydroxylation sites is 1. The van der Waals surface area contributed by atoms with Gasteiger partial charge < -0.3 is 4.90 Å². The minimum atomic E-state index is -0.518. The zero-order chi connectivity index (χ0) is 33.7. The smallest absolute Gasteiger partial charge is 0.0732 e. The van der Waals surface area contributed by atoms with Gasteiger partial charge in [-0.15, -0.1) is 0 Å². The molecule has 1 heteroatoms. The first kappa shape index (κ1) is 28.4. The van der Waals surface area contributed by atoms with Crippen LogP contribution in [-0.2, 0) is 5.41 Å². The lowest BCUT2D eigenvalue weighted by molar-refractivity contribution is 0.802. The Morgan fingerprint density at radius 2 is 0.843 bits per heavy atom. The Kier molecular flexibility index (Phi) is 5.86. The normalized spacial score (nSPS) is 13.4. The van der Waals surface area contributed by atoms with Crippen LogP contribution in [0.15, 0.2) is 182 Å². The van der Waals surface area contributed by atoms with E-state index in [0.29, 0.717) is 0 Å². The first-order chi connectivity index (χ1) is 25.2. The second kappa shape index (κ2) is 10.5. The second-order valence-corrected chi connectivity index (χ2v) is 14.1. The molecule has 0 bridgehead atoms. The van der Waals surface area contributed by atoms with Crippen LogP contribution in [0.4, 0.5) is 17.1 Å². The van der Waals surface area contributed by atoms with E-state index in [4.69, 9.17) is 0 Å². The highest BCUT2D eigenvalue weighted by atomic mass is 15.1. The van der Waals surface area contributed by atoms with E-state index in [1.165, 1.54) is 88.1 Å². The number of anilines is 3. The third kappa shape index (κ3) is 3.70. The highest BCUT2D eigenvalue weighted by Gasteiger charge is 2.53. The van der Waals surface area contributed by atoms with Crippen LogP contribution in [0.5, 0.6) is 0 Å². The van der Waals surface area contributed by atoms with Crippen LogP contribution in [0.25, 0.3) is 54.6 Å². The molecule has 51 heavy (non-hydrogen) atoms. The van der Waals surface area contributed by atoms with E-state index >= 15 is 0 Å². The Morgan fingerprint density at radius 1 is 0.373 bits per heavy atom. The van der Waals surface area contributed by atoms with Gasteiger partial charge in [0.15, 0.2) is 0 Å². The molecule has 0 heterocycles. The number of hydrogen-bond acceptors (Lipinski definition) is 1. The van der Waals surface area contributed by atoms with Gasteiger partial charge in [0.25, 0.3) is 0 Å². The molecule has 0 saturated carbocycles. The highest BCUT2D eigenvalue weighted by molar-refractivity contribution is 6.24. The lowest BCUT2D eigenvalue weighted by atomic mass is 9.69. The molecule has 1 nitrogen and oxygen atoms in total. The number of nitrogens with zero attached hydrogens (tertiary/aromatic N) is 1. The molecule has 238 valence electrons. The number of hydrogen-bond donors (Lipinski definition) is 0. The van der Waals surface area contributed by atoms with Crippen LogP contribution in [0.1, 0.15) is 27.8 Å². The van der Waals surface area contributed by atoms with Crippen molar-refractivity contribution in [2.75, 3.05) is 4.90 Å². The van der Waals surface area contributed by atoms with Gasteiger partial charge >= 0.3 is 0 Å². The van der Waals surface area contributed by atoms with Crippen molar-refractivity contribution in [2.24, 2.45) is 0 Å². The average Bonchev–Trinajstić information content (AvgIpc) is 3.67. The Hall–Kier alpha value is -6.44. The molecular weight excluding hydrogens is 615 g/mol. The molecule has 2 aliphatic rings. The minimum absolute atomic E-state index is 0.518. The summed E-state index contributed by atoms with van der Waals surface area (Å²) in [6.45, 7) is 2.16. The molecule has 0 unspecified atom stereocenters. The van der Waals surface area contributed by atoms with E-state index in [-0.39, 0.29) is 0 Å². The van der Waals surface area contributed by atoms with Crippen LogP contribution < -0.4 is 4.90 Å². The zero-order valence-corrected chi connectivity index (χ0v) is 28.3. The topological polar surface area (TPSA) is 3.24 Å². The van der Waals surface area contributed by atoms with Crippen molar-refractivity contribution in [1.29, 1.82) is 0 Å². The molecule has 0 saturated heterocycles. The predicted molar refractivity (Wildman–Crippen MR) is 215 cm³/mol. The largest absolute Gasteiger partial charge is 0.310 e.